The fourth-order valence-corrected chi connectivity index (χ4v) is 2.44. The molecule has 1 saturated carbocycles. The third-order valence-corrected chi connectivity index (χ3v) is 3.06. The van der Waals surface area contributed by atoms with E-state index in [0.717, 1.165) is 16.5 Å². The van der Waals surface area contributed by atoms with Crippen LogP contribution < -0.4 is 0 Å². The van der Waals surface area contributed by atoms with E-state index in [1.807, 2.05) is 19.1 Å². The van der Waals surface area contributed by atoms with E-state index in [2.05, 4.69) is 22.0 Å². The zero-order chi connectivity index (χ0) is 10.3. The summed E-state index contributed by atoms with van der Waals surface area (Å²) in [5.74, 6) is -0.611. The first-order valence-electron chi connectivity index (χ1n) is 4.58. The summed E-state index contributed by atoms with van der Waals surface area (Å²) >= 11 is 3.42. The number of hydrogen-bond acceptors (Lipinski definition) is 1. The van der Waals surface area contributed by atoms with Gasteiger partial charge in [-0.05, 0) is 42.5 Å². The van der Waals surface area contributed by atoms with Crippen molar-refractivity contribution in [1.82, 2.24) is 0 Å². The molecule has 0 radical (unpaired) electrons. The third-order valence-electron chi connectivity index (χ3n) is 2.60. The van der Waals surface area contributed by atoms with Gasteiger partial charge in [-0.3, -0.25) is 4.79 Å². The molecule has 1 aliphatic rings. The Morgan fingerprint density at radius 1 is 1.50 bits per heavy atom. The van der Waals surface area contributed by atoms with E-state index in [4.69, 9.17) is 5.11 Å². The Labute approximate surface area is 91.1 Å². The number of carboxylic acids is 1. The number of aliphatic carboxylic acids is 1. The molecule has 2 rings (SSSR count). The van der Waals surface area contributed by atoms with Gasteiger partial charge in [0.05, 0.1) is 5.92 Å². The predicted octanol–water partition coefficient (Wildman–Crippen LogP) is 2.95. The van der Waals surface area contributed by atoms with E-state index in [-0.39, 0.29) is 11.8 Å². The Bertz CT molecular complexity index is 367. The monoisotopic (exact) mass is 254 g/mol. The summed E-state index contributed by atoms with van der Waals surface area (Å²) in [6, 6.07) is 6.11. The van der Waals surface area contributed by atoms with Gasteiger partial charge in [0.2, 0.25) is 0 Å². The van der Waals surface area contributed by atoms with Crippen molar-refractivity contribution in [2.24, 2.45) is 5.92 Å². The molecule has 1 aliphatic carbocycles. The molecular weight excluding hydrogens is 244 g/mol. The van der Waals surface area contributed by atoms with Crippen molar-refractivity contribution < 1.29 is 9.90 Å². The molecule has 2 unspecified atom stereocenters. The maximum atomic E-state index is 10.7. The van der Waals surface area contributed by atoms with Crippen molar-refractivity contribution in [3.8, 4) is 0 Å². The van der Waals surface area contributed by atoms with Gasteiger partial charge < -0.3 is 5.11 Å². The lowest BCUT2D eigenvalue weighted by molar-refractivity contribution is -0.138. The molecule has 14 heavy (non-hydrogen) atoms. The Morgan fingerprint density at radius 3 is 2.71 bits per heavy atom. The molecule has 1 fully saturated rings. The maximum absolute atomic E-state index is 10.7. The maximum Gasteiger partial charge on any atom is 0.307 e. The topological polar surface area (TPSA) is 37.3 Å². The Morgan fingerprint density at radius 2 is 2.21 bits per heavy atom. The average Bonchev–Trinajstić information content (AvgIpc) is 2.79. The second-order valence-electron chi connectivity index (χ2n) is 3.85. The minimum absolute atomic E-state index is 0.163. The van der Waals surface area contributed by atoms with E-state index in [9.17, 15) is 4.79 Å². The summed E-state index contributed by atoms with van der Waals surface area (Å²) in [7, 11) is 0. The van der Waals surface area contributed by atoms with E-state index >= 15 is 0 Å². The smallest absolute Gasteiger partial charge is 0.307 e. The van der Waals surface area contributed by atoms with Crippen LogP contribution in [0.25, 0.3) is 0 Å². The van der Waals surface area contributed by atoms with Crippen molar-refractivity contribution >= 4 is 21.9 Å². The average molecular weight is 255 g/mol. The van der Waals surface area contributed by atoms with Crippen molar-refractivity contribution in [2.75, 3.05) is 0 Å². The molecule has 0 bridgehead atoms. The molecule has 3 heteroatoms. The van der Waals surface area contributed by atoms with Crippen molar-refractivity contribution in [2.45, 2.75) is 19.3 Å². The summed E-state index contributed by atoms with van der Waals surface area (Å²) < 4.78 is 1.03. The van der Waals surface area contributed by atoms with Crippen molar-refractivity contribution in [1.29, 1.82) is 0 Å². The molecular formula is C11H11BrO2. The van der Waals surface area contributed by atoms with Crippen LogP contribution in [0.3, 0.4) is 0 Å². The Kier molecular flexibility index (Phi) is 2.35. The molecule has 0 amide bonds. The largest absolute Gasteiger partial charge is 0.481 e. The van der Waals surface area contributed by atoms with Crippen LogP contribution >= 0.6 is 15.9 Å². The van der Waals surface area contributed by atoms with Crippen LogP contribution in [0.4, 0.5) is 0 Å². The highest BCUT2D eigenvalue weighted by Crippen LogP contribution is 2.48. The number of aryl methyl sites for hydroxylation is 1. The highest BCUT2D eigenvalue weighted by atomic mass is 79.9. The Balaban J connectivity index is 2.23. The van der Waals surface area contributed by atoms with E-state index in [1.165, 1.54) is 5.56 Å². The highest BCUT2D eigenvalue weighted by molar-refractivity contribution is 9.10. The summed E-state index contributed by atoms with van der Waals surface area (Å²) in [4.78, 5) is 10.7. The first kappa shape index (κ1) is 9.71. The van der Waals surface area contributed by atoms with Crippen LogP contribution in [-0.4, -0.2) is 11.1 Å². The summed E-state index contributed by atoms with van der Waals surface area (Å²) in [5.41, 5.74) is 2.31. The van der Waals surface area contributed by atoms with Gasteiger partial charge in [0.25, 0.3) is 0 Å². The van der Waals surface area contributed by atoms with E-state index < -0.39 is 5.97 Å². The predicted molar refractivity (Wildman–Crippen MR) is 57.4 cm³/mol. The van der Waals surface area contributed by atoms with Crippen molar-refractivity contribution in [3.05, 3.63) is 33.8 Å². The van der Waals surface area contributed by atoms with Gasteiger partial charge in [0, 0.05) is 4.47 Å². The van der Waals surface area contributed by atoms with E-state index in [1.54, 1.807) is 0 Å². The first-order chi connectivity index (χ1) is 6.58. The summed E-state index contributed by atoms with van der Waals surface area (Å²) in [6.07, 6.45) is 0.783. The van der Waals surface area contributed by atoms with Crippen LogP contribution in [0.15, 0.2) is 22.7 Å². The molecule has 0 aromatic heterocycles. The number of hydrogen-bond donors (Lipinski definition) is 1. The number of carbonyl (C=O) groups is 1. The molecule has 2 atom stereocenters. The second-order valence-corrected chi connectivity index (χ2v) is 4.76. The number of carboxylic acid groups (broad SMARTS) is 1. The molecule has 2 nitrogen and oxygen atoms in total. The van der Waals surface area contributed by atoms with Crippen LogP contribution in [0, 0.1) is 12.8 Å². The minimum Gasteiger partial charge on any atom is -0.481 e. The fourth-order valence-electron chi connectivity index (χ4n) is 1.82. The van der Waals surface area contributed by atoms with Gasteiger partial charge in [-0.2, -0.15) is 0 Å². The number of halogens is 1. The van der Waals surface area contributed by atoms with Gasteiger partial charge in [-0.15, -0.1) is 0 Å². The van der Waals surface area contributed by atoms with Crippen LogP contribution in [0.5, 0.6) is 0 Å². The van der Waals surface area contributed by atoms with Crippen LogP contribution in [0.2, 0.25) is 0 Å². The van der Waals surface area contributed by atoms with E-state index in [0.29, 0.717) is 0 Å². The third kappa shape index (κ3) is 1.82. The van der Waals surface area contributed by atoms with Gasteiger partial charge in [-0.1, -0.05) is 22.0 Å². The van der Waals surface area contributed by atoms with Gasteiger partial charge in [0.1, 0.15) is 0 Å². The summed E-state index contributed by atoms with van der Waals surface area (Å²) in [6.45, 7) is 2.02. The fraction of sp³-hybridized carbons (Fsp3) is 0.364. The lowest BCUT2D eigenvalue weighted by atomic mass is 10.1. The zero-order valence-corrected chi connectivity index (χ0v) is 9.41. The standard InChI is InChI=1S/C11H11BrO2/c1-6-2-7(4-8(12)3-6)9-5-10(9)11(13)14/h2-4,9-10H,5H2,1H3,(H,13,14). The molecule has 0 saturated heterocycles. The summed E-state index contributed by atoms with van der Waals surface area (Å²) in [5, 5.41) is 8.81. The first-order valence-corrected chi connectivity index (χ1v) is 5.37. The van der Waals surface area contributed by atoms with Crippen molar-refractivity contribution in [3.63, 3.8) is 0 Å². The molecule has 0 spiro atoms. The second kappa shape index (κ2) is 3.39. The molecule has 74 valence electrons. The molecule has 1 aromatic rings. The highest BCUT2D eigenvalue weighted by Gasteiger charge is 2.44. The molecule has 1 N–H and O–H groups in total. The van der Waals surface area contributed by atoms with Crippen LogP contribution in [0.1, 0.15) is 23.5 Å². The SMILES string of the molecule is Cc1cc(Br)cc(C2CC2C(=O)O)c1. The molecule has 0 heterocycles. The lowest BCUT2D eigenvalue weighted by Gasteiger charge is -2.02. The normalized spacial score (nSPS) is 24.7. The quantitative estimate of drug-likeness (QED) is 0.882. The molecule has 1 aromatic carbocycles. The Hall–Kier alpha value is -0.830. The number of benzene rings is 1. The molecule has 0 aliphatic heterocycles. The zero-order valence-electron chi connectivity index (χ0n) is 7.83. The van der Waals surface area contributed by atoms with Crippen LogP contribution in [-0.2, 0) is 4.79 Å². The van der Waals surface area contributed by atoms with Gasteiger partial charge >= 0.3 is 5.97 Å². The minimum atomic E-state index is -0.673. The lowest BCUT2D eigenvalue weighted by Crippen LogP contribution is -1.99. The van der Waals surface area contributed by atoms with Gasteiger partial charge in [-0.25, -0.2) is 0 Å². The van der Waals surface area contributed by atoms with Gasteiger partial charge in [0.15, 0.2) is 0 Å². The number of rotatable bonds is 2.